The fraction of sp³-hybridized carbons (Fsp3) is 0.684. The van der Waals surface area contributed by atoms with Gasteiger partial charge in [0, 0.05) is 0 Å². The van der Waals surface area contributed by atoms with Crippen LogP contribution in [0, 0.1) is 25.7 Å². The summed E-state index contributed by atoms with van der Waals surface area (Å²) in [5.41, 5.74) is 6.18. The predicted octanol–water partition coefficient (Wildman–Crippen LogP) is 5.62. The molecule has 0 aromatic heterocycles. The minimum absolute atomic E-state index is 0.976. The topological polar surface area (TPSA) is 0 Å². The standard InChI is InChI=1S/C19H30/c1-5-18-12-13-19(16(4)15(18)3)11-10-17-8-6-14(2)7-9-17/h12-14,17H,5-11H2,1-4H3. The largest absolute Gasteiger partial charge is 0.0625 e. The lowest BCUT2D eigenvalue weighted by atomic mass is 9.80. The average molecular weight is 258 g/mol. The fourth-order valence-corrected chi connectivity index (χ4v) is 3.56. The molecule has 0 bridgehead atoms. The summed E-state index contributed by atoms with van der Waals surface area (Å²) in [6.07, 6.45) is 9.69. The summed E-state index contributed by atoms with van der Waals surface area (Å²) >= 11 is 0. The van der Waals surface area contributed by atoms with E-state index < -0.39 is 0 Å². The lowest BCUT2D eigenvalue weighted by Crippen LogP contribution is -2.13. The molecule has 0 unspecified atom stereocenters. The Morgan fingerprint density at radius 3 is 2.16 bits per heavy atom. The summed E-state index contributed by atoms with van der Waals surface area (Å²) in [5.74, 6) is 1.96. The van der Waals surface area contributed by atoms with Crippen molar-refractivity contribution in [2.75, 3.05) is 0 Å². The van der Waals surface area contributed by atoms with Crippen LogP contribution in [0.25, 0.3) is 0 Å². The van der Waals surface area contributed by atoms with Crippen molar-refractivity contribution in [3.8, 4) is 0 Å². The third kappa shape index (κ3) is 3.61. The van der Waals surface area contributed by atoms with E-state index in [0.717, 1.165) is 18.3 Å². The highest BCUT2D eigenvalue weighted by Crippen LogP contribution is 2.31. The molecule has 2 rings (SSSR count). The molecule has 0 heteroatoms. The molecule has 0 spiro atoms. The van der Waals surface area contributed by atoms with Gasteiger partial charge >= 0.3 is 0 Å². The van der Waals surface area contributed by atoms with Crippen LogP contribution in [-0.2, 0) is 12.8 Å². The minimum atomic E-state index is 0.976. The zero-order valence-corrected chi connectivity index (χ0v) is 13.3. The Morgan fingerprint density at radius 2 is 1.53 bits per heavy atom. The molecule has 0 aliphatic heterocycles. The van der Waals surface area contributed by atoms with Crippen LogP contribution in [0.3, 0.4) is 0 Å². The van der Waals surface area contributed by atoms with Gasteiger partial charge in [-0.25, -0.2) is 0 Å². The van der Waals surface area contributed by atoms with Crippen LogP contribution in [0.1, 0.15) is 68.2 Å². The lowest BCUT2D eigenvalue weighted by molar-refractivity contribution is 0.277. The highest BCUT2D eigenvalue weighted by molar-refractivity contribution is 5.39. The van der Waals surface area contributed by atoms with Gasteiger partial charge < -0.3 is 0 Å². The van der Waals surface area contributed by atoms with Crippen molar-refractivity contribution in [3.63, 3.8) is 0 Å². The first-order valence-corrected chi connectivity index (χ1v) is 8.19. The number of aryl methyl sites for hydroxylation is 2. The van der Waals surface area contributed by atoms with Gasteiger partial charge in [0.05, 0.1) is 0 Å². The van der Waals surface area contributed by atoms with Crippen LogP contribution in [0.5, 0.6) is 0 Å². The third-order valence-corrected chi connectivity index (χ3v) is 5.35. The third-order valence-electron chi connectivity index (χ3n) is 5.35. The van der Waals surface area contributed by atoms with E-state index in [1.54, 1.807) is 11.1 Å². The summed E-state index contributed by atoms with van der Waals surface area (Å²) in [6, 6.07) is 4.73. The second-order valence-electron chi connectivity index (χ2n) is 6.65. The van der Waals surface area contributed by atoms with Crippen molar-refractivity contribution in [3.05, 3.63) is 34.4 Å². The molecule has 1 aromatic rings. The van der Waals surface area contributed by atoms with Gasteiger partial charge in [-0.3, -0.25) is 0 Å². The van der Waals surface area contributed by atoms with Crippen LogP contribution in [0.15, 0.2) is 12.1 Å². The zero-order valence-electron chi connectivity index (χ0n) is 13.3. The van der Waals surface area contributed by atoms with Gasteiger partial charge in [0.1, 0.15) is 0 Å². The summed E-state index contributed by atoms with van der Waals surface area (Å²) in [5, 5.41) is 0. The summed E-state index contributed by atoms with van der Waals surface area (Å²) in [4.78, 5) is 0. The first-order chi connectivity index (χ1) is 9.11. The Balaban J connectivity index is 1.94. The molecule has 1 aliphatic carbocycles. The van der Waals surface area contributed by atoms with Crippen molar-refractivity contribution in [2.45, 2.75) is 72.6 Å². The molecular weight excluding hydrogens is 228 g/mol. The Morgan fingerprint density at radius 1 is 0.947 bits per heavy atom. The molecule has 1 saturated carbocycles. The van der Waals surface area contributed by atoms with E-state index in [0.29, 0.717) is 0 Å². The van der Waals surface area contributed by atoms with E-state index in [-0.39, 0.29) is 0 Å². The van der Waals surface area contributed by atoms with Crippen molar-refractivity contribution >= 4 is 0 Å². The molecule has 0 saturated heterocycles. The number of hydrogen-bond acceptors (Lipinski definition) is 0. The van der Waals surface area contributed by atoms with Crippen molar-refractivity contribution in [2.24, 2.45) is 11.8 Å². The number of benzene rings is 1. The van der Waals surface area contributed by atoms with Gasteiger partial charge in [0.15, 0.2) is 0 Å². The van der Waals surface area contributed by atoms with E-state index in [2.05, 4.69) is 39.8 Å². The second-order valence-corrected chi connectivity index (χ2v) is 6.65. The molecule has 0 atom stereocenters. The van der Waals surface area contributed by atoms with Crippen molar-refractivity contribution in [1.82, 2.24) is 0 Å². The predicted molar refractivity (Wildman–Crippen MR) is 84.7 cm³/mol. The normalized spacial score (nSPS) is 23.6. The summed E-state index contributed by atoms with van der Waals surface area (Å²) in [6.45, 7) is 9.27. The molecular formula is C19H30. The molecule has 0 amide bonds. The molecule has 0 radical (unpaired) electrons. The SMILES string of the molecule is CCc1ccc(CCC2CCC(C)CC2)c(C)c1C. The molecule has 1 aliphatic rings. The molecule has 0 nitrogen and oxygen atoms in total. The van der Waals surface area contributed by atoms with Crippen LogP contribution >= 0.6 is 0 Å². The highest BCUT2D eigenvalue weighted by atomic mass is 14.2. The van der Waals surface area contributed by atoms with Crippen LogP contribution in [-0.4, -0.2) is 0 Å². The van der Waals surface area contributed by atoms with Gasteiger partial charge in [0.25, 0.3) is 0 Å². The number of hydrogen-bond donors (Lipinski definition) is 0. The molecule has 1 aromatic carbocycles. The van der Waals surface area contributed by atoms with Crippen molar-refractivity contribution < 1.29 is 0 Å². The van der Waals surface area contributed by atoms with Crippen LogP contribution in [0.4, 0.5) is 0 Å². The monoisotopic (exact) mass is 258 g/mol. The Hall–Kier alpha value is -0.780. The molecule has 19 heavy (non-hydrogen) atoms. The first kappa shape index (κ1) is 14.6. The quantitative estimate of drug-likeness (QED) is 0.657. The summed E-state index contributed by atoms with van der Waals surface area (Å²) < 4.78 is 0. The van der Waals surface area contributed by atoms with E-state index >= 15 is 0 Å². The highest BCUT2D eigenvalue weighted by Gasteiger charge is 2.18. The van der Waals surface area contributed by atoms with Gasteiger partial charge in [0.2, 0.25) is 0 Å². The van der Waals surface area contributed by atoms with Crippen LogP contribution in [0.2, 0.25) is 0 Å². The zero-order chi connectivity index (χ0) is 13.8. The first-order valence-electron chi connectivity index (χ1n) is 8.19. The Kier molecular flexibility index (Phi) is 5.07. The van der Waals surface area contributed by atoms with E-state index in [1.807, 2.05) is 0 Å². The van der Waals surface area contributed by atoms with Crippen LogP contribution < -0.4 is 0 Å². The van der Waals surface area contributed by atoms with Gasteiger partial charge in [-0.2, -0.15) is 0 Å². The maximum absolute atomic E-state index is 2.41. The Labute approximate surface area is 119 Å². The lowest BCUT2D eigenvalue weighted by Gasteiger charge is -2.26. The van der Waals surface area contributed by atoms with E-state index in [9.17, 15) is 0 Å². The molecule has 0 heterocycles. The van der Waals surface area contributed by atoms with E-state index in [1.165, 1.54) is 49.7 Å². The number of rotatable bonds is 4. The molecule has 0 N–H and O–H groups in total. The summed E-state index contributed by atoms with van der Waals surface area (Å²) in [7, 11) is 0. The fourth-order valence-electron chi connectivity index (χ4n) is 3.56. The van der Waals surface area contributed by atoms with Gasteiger partial charge in [-0.1, -0.05) is 51.7 Å². The minimum Gasteiger partial charge on any atom is -0.0625 e. The molecule has 1 fully saturated rings. The molecule has 106 valence electrons. The van der Waals surface area contributed by atoms with Crippen molar-refractivity contribution in [1.29, 1.82) is 0 Å². The second kappa shape index (κ2) is 6.59. The maximum atomic E-state index is 2.41. The average Bonchev–Trinajstić information content (AvgIpc) is 2.42. The van der Waals surface area contributed by atoms with Gasteiger partial charge in [-0.05, 0) is 67.2 Å². The van der Waals surface area contributed by atoms with E-state index in [4.69, 9.17) is 0 Å². The maximum Gasteiger partial charge on any atom is -0.0274 e. The van der Waals surface area contributed by atoms with Gasteiger partial charge in [-0.15, -0.1) is 0 Å². The smallest absolute Gasteiger partial charge is 0.0274 e. The Bertz CT molecular complexity index is 408.